The molecule has 0 saturated carbocycles. The predicted octanol–water partition coefficient (Wildman–Crippen LogP) is 7.05. The summed E-state index contributed by atoms with van der Waals surface area (Å²) in [5.74, 6) is 1.05. The second-order valence-corrected chi connectivity index (χ2v) is 9.38. The van der Waals surface area contributed by atoms with Crippen LogP contribution in [0.1, 0.15) is 22.4 Å². The molecule has 0 saturated heterocycles. The molecule has 0 spiro atoms. The monoisotopic (exact) mass is 593 g/mol. The highest BCUT2D eigenvalue weighted by Gasteiger charge is 2.21. The largest absolute Gasteiger partial charge is 0.493 e. The summed E-state index contributed by atoms with van der Waals surface area (Å²) in [6.07, 6.45) is 1.60. The topological polar surface area (TPSA) is 110 Å². The van der Waals surface area contributed by atoms with Gasteiger partial charge in [0.1, 0.15) is 35.8 Å². The van der Waals surface area contributed by atoms with Crippen LogP contribution in [0.3, 0.4) is 0 Å². The molecule has 1 aromatic heterocycles. The number of nitriles is 2. The van der Waals surface area contributed by atoms with Crippen LogP contribution in [0, 0.1) is 22.7 Å². The van der Waals surface area contributed by atoms with E-state index in [0.29, 0.717) is 37.3 Å². The molecule has 0 radical (unpaired) electrons. The standard InChI is InChI=1S/C27H18BrCl2N5O2/c1-36-24-10-17(22(28)12-25(24)37-15-16-7-8-19(29)11-23(16)30)9-18(13-31)26-21(14-32)27(33)35(34-26)20-5-3-2-4-6-20/h2-12H,15,33H2,1H3/b18-9-. The number of nitrogens with two attached hydrogens (primary N) is 1. The van der Waals surface area contributed by atoms with E-state index < -0.39 is 0 Å². The minimum absolute atomic E-state index is 0.111. The lowest BCUT2D eigenvalue weighted by atomic mass is 10.1. The van der Waals surface area contributed by atoms with E-state index in [-0.39, 0.29) is 29.3 Å². The maximum absolute atomic E-state index is 9.95. The van der Waals surface area contributed by atoms with Crippen LogP contribution in [0.15, 0.2) is 65.1 Å². The number of nitrogen functional groups attached to an aromatic ring is 1. The highest BCUT2D eigenvalue weighted by Crippen LogP contribution is 2.37. The number of aromatic nitrogens is 2. The number of hydrogen-bond acceptors (Lipinski definition) is 6. The molecule has 184 valence electrons. The zero-order chi connectivity index (χ0) is 26.5. The first-order valence-electron chi connectivity index (χ1n) is 10.8. The molecule has 0 aliphatic rings. The fourth-order valence-corrected chi connectivity index (χ4v) is 4.43. The number of nitrogens with zero attached hydrogens (tertiary/aromatic N) is 4. The molecule has 4 aromatic rings. The van der Waals surface area contributed by atoms with E-state index >= 15 is 0 Å². The maximum atomic E-state index is 9.95. The molecule has 2 N–H and O–H groups in total. The summed E-state index contributed by atoms with van der Waals surface area (Å²) in [5.41, 5.74) is 8.69. The van der Waals surface area contributed by atoms with Crippen LogP contribution in [0.4, 0.5) is 5.82 Å². The lowest BCUT2D eigenvalue weighted by Gasteiger charge is -2.14. The molecule has 1 heterocycles. The second-order valence-electron chi connectivity index (χ2n) is 7.69. The van der Waals surface area contributed by atoms with Gasteiger partial charge in [-0.2, -0.15) is 15.6 Å². The van der Waals surface area contributed by atoms with Crippen molar-refractivity contribution in [1.29, 1.82) is 10.5 Å². The van der Waals surface area contributed by atoms with Crippen LogP contribution in [0.2, 0.25) is 10.0 Å². The van der Waals surface area contributed by atoms with Crippen molar-refractivity contribution in [3.63, 3.8) is 0 Å². The van der Waals surface area contributed by atoms with Gasteiger partial charge in [0.2, 0.25) is 0 Å². The first-order chi connectivity index (χ1) is 17.9. The Kier molecular flexibility index (Phi) is 8.05. The first-order valence-corrected chi connectivity index (χ1v) is 12.3. The molecule has 10 heteroatoms. The van der Waals surface area contributed by atoms with E-state index in [2.05, 4.69) is 33.2 Å². The minimum atomic E-state index is 0.111. The van der Waals surface area contributed by atoms with E-state index in [1.165, 1.54) is 11.8 Å². The molecule has 0 aliphatic carbocycles. The van der Waals surface area contributed by atoms with Crippen molar-refractivity contribution < 1.29 is 9.47 Å². The Morgan fingerprint density at radius 2 is 1.86 bits per heavy atom. The van der Waals surface area contributed by atoms with E-state index in [0.717, 1.165) is 5.56 Å². The Labute approximate surface area is 232 Å². The van der Waals surface area contributed by atoms with Crippen molar-refractivity contribution in [3.8, 4) is 29.3 Å². The summed E-state index contributed by atoms with van der Waals surface area (Å²) in [5, 5.41) is 25.2. The number of ether oxygens (including phenoxy) is 2. The third-order valence-electron chi connectivity index (χ3n) is 5.39. The van der Waals surface area contributed by atoms with Gasteiger partial charge in [0, 0.05) is 20.1 Å². The van der Waals surface area contributed by atoms with Gasteiger partial charge in [0.15, 0.2) is 11.5 Å². The van der Waals surface area contributed by atoms with Gasteiger partial charge >= 0.3 is 0 Å². The molecule has 0 bridgehead atoms. The SMILES string of the molecule is COc1cc(/C=C(/C#N)c2nn(-c3ccccc3)c(N)c2C#N)c(Br)cc1OCc1ccc(Cl)cc1Cl. The number of hydrogen-bond donors (Lipinski definition) is 1. The van der Waals surface area contributed by atoms with E-state index in [1.54, 1.807) is 48.5 Å². The molecule has 3 aromatic carbocycles. The normalized spacial score (nSPS) is 11.0. The van der Waals surface area contributed by atoms with Gasteiger partial charge in [-0.3, -0.25) is 0 Å². The van der Waals surface area contributed by atoms with E-state index in [1.807, 2.05) is 18.2 Å². The van der Waals surface area contributed by atoms with Gasteiger partial charge < -0.3 is 15.2 Å². The van der Waals surface area contributed by atoms with Crippen LogP contribution in [-0.2, 0) is 6.61 Å². The Morgan fingerprint density at radius 1 is 1.11 bits per heavy atom. The van der Waals surface area contributed by atoms with Crippen LogP contribution in [0.5, 0.6) is 11.5 Å². The first kappa shape index (κ1) is 26.1. The van der Waals surface area contributed by atoms with Crippen LogP contribution >= 0.6 is 39.1 Å². The quantitative estimate of drug-likeness (QED) is 0.230. The molecule has 0 amide bonds. The number of methoxy groups -OCH3 is 1. The smallest absolute Gasteiger partial charge is 0.162 e. The van der Waals surface area contributed by atoms with Crippen LogP contribution in [-0.4, -0.2) is 16.9 Å². The lowest BCUT2D eigenvalue weighted by Crippen LogP contribution is -2.02. The Balaban J connectivity index is 1.70. The van der Waals surface area contributed by atoms with Crippen molar-refractivity contribution in [2.45, 2.75) is 6.61 Å². The van der Waals surface area contributed by atoms with Gasteiger partial charge in [0.25, 0.3) is 0 Å². The van der Waals surface area contributed by atoms with Crippen LogP contribution < -0.4 is 15.2 Å². The number of halogens is 3. The Morgan fingerprint density at radius 3 is 2.51 bits per heavy atom. The van der Waals surface area contributed by atoms with Crippen molar-refractivity contribution in [2.75, 3.05) is 12.8 Å². The zero-order valence-corrected chi connectivity index (χ0v) is 22.5. The molecule has 0 fully saturated rings. The van der Waals surface area contributed by atoms with Crippen molar-refractivity contribution in [3.05, 3.63) is 97.6 Å². The Hall–Kier alpha value is -3.95. The van der Waals surface area contributed by atoms with Gasteiger partial charge in [-0.15, -0.1) is 0 Å². The highest BCUT2D eigenvalue weighted by molar-refractivity contribution is 9.10. The average molecular weight is 595 g/mol. The Bertz CT molecular complexity index is 1590. The van der Waals surface area contributed by atoms with Crippen molar-refractivity contribution >= 4 is 56.6 Å². The third-order valence-corrected chi connectivity index (χ3v) is 6.66. The van der Waals surface area contributed by atoms with E-state index in [4.69, 9.17) is 38.4 Å². The molecule has 0 unspecified atom stereocenters. The van der Waals surface area contributed by atoms with Gasteiger partial charge in [-0.05, 0) is 48.0 Å². The minimum Gasteiger partial charge on any atom is -0.493 e. The number of rotatable bonds is 7. The number of para-hydroxylation sites is 1. The molecule has 7 nitrogen and oxygen atoms in total. The highest BCUT2D eigenvalue weighted by atomic mass is 79.9. The second kappa shape index (κ2) is 11.4. The van der Waals surface area contributed by atoms with Gasteiger partial charge in [-0.1, -0.05) is 63.4 Å². The predicted molar refractivity (Wildman–Crippen MR) is 148 cm³/mol. The molecule has 0 aliphatic heterocycles. The summed E-state index contributed by atoms with van der Waals surface area (Å²) >= 11 is 15.8. The number of allylic oxidation sites excluding steroid dienone is 1. The third kappa shape index (κ3) is 5.58. The van der Waals surface area contributed by atoms with Crippen molar-refractivity contribution in [1.82, 2.24) is 9.78 Å². The summed E-state index contributed by atoms with van der Waals surface area (Å²) in [6.45, 7) is 0.194. The summed E-state index contributed by atoms with van der Waals surface area (Å²) in [4.78, 5) is 0. The molecule has 37 heavy (non-hydrogen) atoms. The zero-order valence-electron chi connectivity index (χ0n) is 19.4. The van der Waals surface area contributed by atoms with E-state index in [9.17, 15) is 10.5 Å². The number of benzene rings is 3. The number of anilines is 1. The summed E-state index contributed by atoms with van der Waals surface area (Å²) < 4.78 is 13.5. The lowest BCUT2D eigenvalue weighted by molar-refractivity contribution is 0.284. The molecule has 0 atom stereocenters. The summed E-state index contributed by atoms with van der Waals surface area (Å²) in [6, 6.07) is 21.9. The maximum Gasteiger partial charge on any atom is 0.162 e. The molecular formula is C27H18BrCl2N5O2. The van der Waals surface area contributed by atoms with Crippen LogP contribution in [0.25, 0.3) is 17.3 Å². The molecular weight excluding hydrogens is 577 g/mol. The fraction of sp³-hybridized carbons (Fsp3) is 0.0741. The van der Waals surface area contributed by atoms with Gasteiger partial charge in [0.05, 0.1) is 18.4 Å². The summed E-state index contributed by atoms with van der Waals surface area (Å²) in [7, 11) is 1.51. The molecule has 4 rings (SSSR count). The van der Waals surface area contributed by atoms with Gasteiger partial charge in [-0.25, -0.2) is 4.68 Å². The average Bonchev–Trinajstić information content (AvgIpc) is 3.23. The fourth-order valence-electron chi connectivity index (χ4n) is 3.53. The van der Waals surface area contributed by atoms with Crippen molar-refractivity contribution in [2.24, 2.45) is 0 Å².